The van der Waals surface area contributed by atoms with Gasteiger partial charge in [0, 0.05) is 22.6 Å². The number of ketones is 1. The number of halogens is 1. The van der Waals surface area contributed by atoms with Gasteiger partial charge < -0.3 is 10.1 Å². The van der Waals surface area contributed by atoms with Crippen molar-refractivity contribution in [3.8, 4) is 0 Å². The zero-order chi connectivity index (χ0) is 17.8. The molecule has 0 aliphatic carbocycles. The molecule has 5 nitrogen and oxygen atoms in total. The topological polar surface area (TPSA) is 72.5 Å². The van der Waals surface area contributed by atoms with E-state index in [-0.39, 0.29) is 17.0 Å². The number of carbonyl (C=O) groups excluding carboxylic acids is 3. The first-order valence-corrected chi connectivity index (χ1v) is 8.54. The Morgan fingerprint density at radius 2 is 1.84 bits per heavy atom. The van der Waals surface area contributed by atoms with Crippen molar-refractivity contribution in [3.63, 3.8) is 0 Å². The first kappa shape index (κ1) is 17.2. The summed E-state index contributed by atoms with van der Waals surface area (Å²) < 4.78 is 17.9. The van der Waals surface area contributed by atoms with Crippen LogP contribution < -0.4 is 5.32 Å². The second-order valence-corrected chi connectivity index (χ2v) is 6.50. The highest BCUT2D eigenvalue weighted by molar-refractivity contribution is 7.99. The number of rotatable bonds is 4. The molecular weight excluding hydrogens is 345 g/mol. The fourth-order valence-electron chi connectivity index (χ4n) is 2.28. The lowest BCUT2D eigenvalue weighted by molar-refractivity contribution is -0.115. The average molecular weight is 359 g/mol. The number of esters is 1. The number of carbonyl (C=O) groups is 3. The van der Waals surface area contributed by atoms with Crippen molar-refractivity contribution < 1.29 is 23.5 Å². The van der Waals surface area contributed by atoms with Gasteiger partial charge in [-0.05, 0) is 42.5 Å². The van der Waals surface area contributed by atoms with Crippen LogP contribution in [0, 0.1) is 5.82 Å². The molecule has 1 heterocycles. The van der Waals surface area contributed by atoms with E-state index in [1.807, 2.05) is 0 Å². The lowest BCUT2D eigenvalue weighted by atomic mass is 10.1. The minimum atomic E-state index is -0.665. The summed E-state index contributed by atoms with van der Waals surface area (Å²) in [6, 6.07) is 9.87. The predicted molar refractivity (Wildman–Crippen MR) is 91.4 cm³/mol. The van der Waals surface area contributed by atoms with Crippen molar-refractivity contribution in [1.29, 1.82) is 0 Å². The van der Waals surface area contributed by atoms with Gasteiger partial charge in [0.15, 0.2) is 12.4 Å². The van der Waals surface area contributed by atoms with Crippen LogP contribution in [0.1, 0.15) is 27.1 Å². The number of benzene rings is 2. The van der Waals surface area contributed by atoms with Gasteiger partial charge in [0.25, 0.3) is 0 Å². The van der Waals surface area contributed by atoms with Crippen LogP contribution in [0.2, 0.25) is 0 Å². The van der Waals surface area contributed by atoms with Crippen LogP contribution in [-0.2, 0) is 9.53 Å². The molecule has 25 heavy (non-hydrogen) atoms. The molecule has 128 valence electrons. The average Bonchev–Trinajstić information content (AvgIpc) is 2.79. The zero-order valence-electron chi connectivity index (χ0n) is 13.1. The first-order valence-electron chi connectivity index (χ1n) is 7.55. The number of Topliss-reactive ketones (excluding diaryl/α,β-unsaturated/α-hetero) is 1. The Morgan fingerprint density at radius 3 is 2.60 bits per heavy atom. The summed E-state index contributed by atoms with van der Waals surface area (Å²) in [6.45, 7) is -0.442. The molecule has 1 amide bonds. The fourth-order valence-corrected chi connectivity index (χ4v) is 3.22. The summed E-state index contributed by atoms with van der Waals surface area (Å²) in [5, 5.41) is 2.74. The molecule has 2 aromatic rings. The zero-order valence-corrected chi connectivity index (χ0v) is 13.9. The van der Waals surface area contributed by atoms with Crippen molar-refractivity contribution in [1.82, 2.24) is 0 Å². The van der Waals surface area contributed by atoms with Crippen molar-refractivity contribution in [3.05, 3.63) is 59.4 Å². The van der Waals surface area contributed by atoms with Crippen molar-refractivity contribution in [2.45, 2.75) is 11.3 Å². The highest BCUT2D eigenvalue weighted by Crippen LogP contribution is 2.31. The number of ether oxygens (including phenoxy) is 1. The Morgan fingerprint density at radius 1 is 1.12 bits per heavy atom. The van der Waals surface area contributed by atoms with E-state index in [9.17, 15) is 18.8 Å². The maximum atomic E-state index is 12.9. The fraction of sp³-hybridized carbons (Fsp3) is 0.167. The smallest absolute Gasteiger partial charge is 0.338 e. The van der Waals surface area contributed by atoms with Crippen molar-refractivity contribution >= 4 is 35.1 Å². The molecule has 0 atom stereocenters. The molecule has 1 aliphatic rings. The highest BCUT2D eigenvalue weighted by Gasteiger charge is 2.17. The quantitative estimate of drug-likeness (QED) is 0.670. The second-order valence-electron chi connectivity index (χ2n) is 5.36. The molecule has 0 aromatic heterocycles. The molecule has 0 fully saturated rings. The summed E-state index contributed by atoms with van der Waals surface area (Å²) in [7, 11) is 0. The van der Waals surface area contributed by atoms with E-state index in [4.69, 9.17) is 4.74 Å². The Hall–Kier alpha value is -2.67. The molecule has 7 heteroatoms. The summed E-state index contributed by atoms with van der Waals surface area (Å²) in [4.78, 5) is 36.6. The number of anilines is 1. The molecule has 1 N–H and O–H groups in total. The maximum Gasteiger partial charge on any atom is 0.338 e. The lowest BCUT2D eigenvalue weighted by Gasteiger charge is -2.09. The molecule has 0 saturated carbocycles. The number of nitrogens with one attached hydrogen (secondary N) is 1. The number of amides is 1. The third-order valence-corrected chi connectivity index (χ3v) is 4.65. The van der Waals surface area contributed by atoms with Gasteiger partial charge in [-0.2, -0.15) is 0 Å². The second kappa shape index (κ2) is 7.48. The maximum absolute atomic E-state index is 12.9. The molecule has 1 aliphatic heterocycles. The van der Waals surface area contributed by atoms with E-state index in [0.29, 0.717) is 17.9 Å². The summed E-state index contributed by atoms with van der Waals surface area (Å²) in [5.74, 6) is -0.968. The molecule has 0 saturated heterocycles. The van der Waals surface area contributed by atoms with Crippen LogP contribution in [-0.4, -0.2) is 30.0 Å². The predicted octanol–water partition coefficient (Wildman–Crippen LogP) is 3.30. The van der Waals surface area contributed by atoms with Crippen LogP contribution in [0.5, 0.6) is 0 Å². The van der Waals surface area contributed by atoms with E-state index < -0.39 is 24.2 Å². The minimum absolute atomic E-state index is 0.108. The van der Waals surface area contributed by atoms with E-state index >= 15 is 0 Å². The largest absolute Gasteiger partial charge is 0.454 e. The van der Waals surface area contributed by atoms with Gasteiger partial charge in [0.2, 0.25) is 5.91 Å². The van der Waals surface area contributed by atoms with Crippen LogP contribution in [0.3, 0.4) is 0 Å². The monoisotopic (exact) mass is 359 g/mol. The third-order valence-electron chi connectivity index (χ3n) is 3.58. The number of hydrogen-bond acceptors (Lipinski definition) is 5. The van der Waals surface area contributed by atoms with Crippen LogP contribution in [0.15, 0.2) is 47.4 Å². The van der Waals surface area contributed by atoms with E-state index in [2.05, 4.69) is 5.32 Å². The summed E-state index contributed by atoms with van der Waals surface area (Å²) in [5.41, 5.74) is 1.07. The summed E-state index contributed by atoms with van der Waals surface area (Å²) >= 11 is 1.53. The SMILES string of the molecule is O=C1CCSc2ccc(C(=O)OCC(=O)c3ccc(F)cc3)cc2N1. The van der Waals surface area contributed by atoms with Gasteiger partial charge in [0.1, 0.15) is 5.82 Å². The standard InChI is InChI=1S/C18H14FNO4S/c19-13-4-1-11(2-5-13)15(21)10-24-18(23)12-3-6-16-14(9-12)20-17(22)7-8-25-16/h1-6,9H,7-8,10H2,(H,20,22). The molecule has 0 bridgehead atoms. The van der Waals surface area contributed by atoms with Crippen LogP contribution in [0.4, 0.5) is 10.1 Å². The van der Waals surface area contributed by atoms with Crippen LogP contribution in [0.25, 0.3) is 0 Å². The Balaban J connectivity index is 1.66. The molecule has 0 radical (unpaired) electrons. The highest BCUT2D eigenvalue weighted by atomic mass is 32.2. The molecule has 3 rings (SSSR count). The van der Waals surface area contributed by atoms with Crippen LogP contribution >= 0.6 is 11.8 Å². The number of fused-ring (bicyclic) bond motifs is 1. The molecule has 2 aromatic carbocycles. The van der Waals surface area contributed by atoms with Gasteiger partial charge >= 0.3 is 5.97 Å². The Bertz CT molecular complexity index is 835. The Kier molecular flexibility index (Phi) is 5.14. The number of hydrogen-bond donors (Lipinski definition) is 1. The normalized spacial score (nSPS) is 13.4. The van der Waals surface area contributed by atoms with Gasteiger partial charge in [0.05, 0.1) is 11.3 Å². The molecular formula is C18H14FNO4S. The van der Waals surface area contributed by atoms with E-state index in [0.717, 1.165) is 4.90 Å². The summed E-state index contributed by atoms with van der Waals surface area (Å²) in [6.07, 6.45) is 0.408. The third kappa shape index (κ3) is 4.24. The van der Waals surface area contributed by atoms with Crippen molar-refractivity contribution in [2.75, 3.05) is 17.7 Å². The molecule has 0 spiro atoms. The van der Waals surface area contributed by atoms with E-state index in [1.165, 1.54) is 42.1 Å². The first-order chi connectivity index (χ1) is 12.0. The minimum Gasteiger partial charge on any atom is -0.454 e. The molecule has 0 unspecified atom stereocenters. The van der Waals surface area contributed by atoms with Crippen molar-refractivity contribution in [2.24, 2.45) is 0 Å². The van der Waals surface area contributed by atoms with E-state index in [1.54, 1.807) is 12.1 Å². The lowest BCUT2D eigenvalue weighted by Crippen LogP contribution is -2.15. The number of thioether (sulfide) groups is 1. The van der Waals surface area contributed by atoms with Gasteiger partial charge in [-0.1, -0.05) is 0 Å². The van der Waals surface area contributed by atoms with Gasteiger partial charge in [-0.3, -0.25) is 9.59 Å². The van der Waals surface area contributed by atoms with Gasteiger partial charge in [-0.15, -0.1) is 11.8 Å². The van der Waals surface area contributed by atoms with Gasteiger partial charge in [-0.25, -0.2) is 9.18 Å². The Labute approximate surface area is 147 Å².